The summed E-state index contributed by atoms with van der Waals surface area (Å²) in [5.41, 5.74) is 8.28. The van der Waals surface area contributed by atoms with Gasteiger partial charge in [-0.15, -0.1) is 0 Å². The SMILES string of the molecule is OC(c1ccccc1)c1c(C2c3ccccc3-c3ccccc32)ccc2ccccc12. The molecule has 1 heteroatoms. The second kappa shape index (κ2) is 7.23. The highest BCUT2D eigenvalue weighted by Crippen LogP contribution is 2.50. The smallest absolute Gasteiger partial charge is 0.105 e. The van der Waals surface area contributed by atoms with Crippen LogP contribution in [0.2, 0.25) is 0 Å². The molecule has 0 amide bonds. The number of benzene rings is 5. The second-order valence-electron chi connectivity index (χ2n) is 8.21. The third kappa shape index (κ3) is 2.82. The summed E-state index contributed by atoms with van der Waals surface area (Å²) in [6.07, 6.45) is -0.692. The lowest BCUT2D eigenvalue weighted by Gasteiger charge is -2.24. The van der Waals surface area contributed by atoms with Gasteiger partial charge in [0, 0.05) is 5.92 Å². The predicted molar refractivity (Wildman–Crippen MR) is 127 cm³/mol. The van der Waals surface area contributed by atoms with E-state index in [-0.39, 0.29) is 5.92 Å². The maximum absolute atomic E-state index is 11.6. The fourth-order valence-electron chi connectivity index (χ4n) is 5.16. The van der Waals surface area contributed by atoms with Crippen LogP contribution in [-0.4, -0.2) is 5.11 Å². The fraction of sp³-hybridized carbons (Fsp3) is 0.0667. The van der Waals surface area contributed by atoms with E-state index in [1.165, 1.54) is 27.8 Å². The summed E-state index contributed by atoms with van der Waals surface area (Å²) < 4.78 is 0. The molecule has 6 rings (SSSR count). The number of hydrogen-bond donors (Lipinski definition) is 1. The van der Waals surface area contributed by atoms with Crippen LogP contribution in [0.5, 0.6) is 0 Å². The van der Waals surface area contributed by atoms with Gasteiger partial charge in [-0.2, -0.15) is 0 Å². The van der Waals surface area contributed by atoms with Crippen LogP contribution >= 0.6 is 0 Å². The first-order valence-corrected chi connectivity index (χ1v) is 10.8. The van der Waals surface area contributed by atoms with Gasteiger partial charge in [0.25, 0.3) is 0 Å². The first-order valence-electron chi connectivity index (χ1n) is 10.8. The summed E-state index contributed by atoms with van der Waals surface area (Å²) in [6, 6.07) is 40.1. The molecule has 0 aromatic heterocycles. The molecule has 0 aliphatic heterocycles. The molecular formula is C30H22O. The highest BCUT2D eigenvalue weighted by Gasteiger charge is 2.32. The van der Waals surface area contributed by atoms with Gasteiger partial charge >= 0.3 is 0 Å². The third-order valence-electron chi connectivity index (χ3n) is 6.54. The standard InChI is InChI=1S/C30H22O/c31-30(21-11-2-1-3-12-21)29-22-13-5-4-10-20(22)18-19-27(29)28-25-16-8-6-14-23(25)24-15-7-9-17-26(24)28/h1-19,28,30-31H. The zero-order valence-corrected chi connectivity index (χ0v) is 17.1. The Kier molecular flexibility index (Phi) is 4.22. The van der Waals surface area contributed by atoms with Gasteiger partial charge in [0.05, 0.1) is 0 Å². The molecule has 0 saturated heterocycles. The number of rotatable bonds is 3. The minimum Gasteiger partial charge on any atom is -0.384 e. The van der Waals surface area contributed by atoms with E-state index in [4.69, 9.17) is 0 Å². The molecule has 1 atom stereocenters. The fourth-order valence-corrected chi connectivity index (χ4v) is 5.16. The molecule has 0 fully saturated rings. The molecule has 0 bridgehead atoms. The quantitative estimate of drug-likeness (QED) is 0.338. The van der Waals surface area contributed by atoms with E-state index in [1.807, 2.05) is 30.3 Å². The Balaban J connectivity index is 1.66. The summed E-state index contributed by atoms with van der Waals surface area (Å²) in [7, 11) is 0. The average Bonchev–Trinajstić information content (AvgIpc) is 3.18. The summed E-state index contributed by atoms with van der Waals surface area (Å²) >= 11 is 0. The van der Waals surface area contributed by atoms with Crippen LogP contribution < -0.4 is 0 Å². The molecule has 0 spiro atoms. The van der Waals surface area contributed by atoms with Gasteiger partial charge in [0.15, 0.2) is 0 Å². The van der Waals surface area contributed by atoms with Crippen LogP contribution in [0.15, 0.2) is 115 Å². The van der Waals surface area contributed by atoms with E-state index in [0.29, 0.717) is 0 Å². The van der Waals surface area contributed by atoms with Crippen molar-refractivity contribution < 1.29 is 5.11 Å². The zero-order valence-electron chi connectivity index (χ0n) is 17.1. The lowest BCUT2D eigenvalue weighted by atomic mass is 9.81. The van der Waals surface area contributed by atoms with Crippen molar-refractivity contribution in [1.29, 1.82) is 0 Å². The van der Waals surface area contributed by atoms with Crippen molar-refractivity contribution in [2.24, 2.45) is 0 Å². The molecule has 5 aromatic rings. The molecule has 5 aromatic carbocycles. The highest BCUT2D eigenvalue weighted by molar-refractivity contribution is 5.89. The van der Waals surface area contributed by atoms with Crippen molar-refractivity contribution in [3.8, 4) is 11.1 Å². The first kappa shape index (κ1) is 18.1. The number of fused-ring (bicyclic) bond motifs is 4. The monoisotopic (exact) mass is 398 g/mol. The number of aliphatic hydroxyl groups is 1. The Morgan fingerprint density at radius 2 is 1.10 bits per heavy atom. The Bertz CT molecular complexity index is 1360. The number of hydrogen-bond acceptors (Lipinski definition) is 1. The molecule has 1 aliphatic rings. The van der Waals surface area contributed by atoms with E-state index < -0.39 is 6.10 Å². The van der Waals surface area contributed by atoms with Crippen molar-refractivity contribution in [3.63, 3.8) is 0 Å². The maximum atomic E-state index is 11.6. The Morgan fingerprint density at radius 3 is 1.81 bits per heavy atom. The Morgan fingerprint density at radius 1 is 0.516 bits per heavy atom. The van der Waals surface area contributed by atoms with Crippen molar-refractivity contribution in [2.45, 2.75) is 12.0 Å². The third-order valence-corrected chi connectivity index (χ3v) is 6.54. The van der Waals surface area contributed by atoms with Crippen LogP contribution in [-0.2, 0) is 0 Å². The molecule has 0 radical (unpaired) electrons. The Hall–Kier alpha value is -3.68. The topological polar surface area (TPSA) is 20.2 Å². The van der Waals surface area contributed by atoms with Crippen molar-refractivity contribution in [3.05, 3.63) is 143 Å². The summed E-state index contributed by atoms with van der Waals surface area (Å²) in [5.74, 6) is 0.102. The predicted octanol–water partition coefficient (Wildman–Crippen LogP) is 7.08. The van der Waals surface area contributed by atoms with E-state index in [1.54, 1.807) is 0 Å². The lowest BCUT2D eigenvalue weighted by Crippen LogP contribution is -2.09. The Labute approximate surface area is 182 Å². The van der Waals surface area contributed by atoms with Crippen molar-refractivity contribution in [1.82, 2.24) is 0 Å². The molecule has 31 heavy (non-hydrogen) atoms. The van der Waals surface area contributed by atoms with Gasteiger partial charge in [-0.3, -0.25) is 0 Å². The molecule has 0 heterocycles. The van der Waals surface area contributed by atoms with Crippen molar-refractivity contribution >= 4 is 10.8 Å². The summed E-state index contributed by atoms with van der Waals surface area (Å²) in [4.78, 5) is 0. The maximum Gasteiger partial charge on any atom is 0.105 e. The number of aliphatic hydroxyl groups excluding tert-OH is 1. The highest BCUT2D eigenvalue weighted by atomic mass is 16.3. The van der Waals surface area contributed by atoms with E-state index in [9.17, 15) is 5.11 Å². The van der Waals surface area contributed by atoms with Crippen LogP contribution in [0.4, 0.5) is 0 Å². The van der Waals surface area contributed by atoms with Gasteiger partial charge < -0.3 is 5.11 Å². The van der Waals surface area contributed by atoms with E-state index >= 15 is 0 Å². The summed E-state index contributed by atoms with van der Waals surface area (Å²) in [5, 5.41) is 13.9. The zero-order chi connectivity index (χ0) is 20.8. The molecule has 148 valence electrons. The van der Waals surface area contributed by atoms with Gasteiger partial charge in [-0.25, -0.2) is 0 Å². The molecular weight excluding hydrogens is 376 g/mol. The van der Waals surface area contributed by atoms with Gasteiger partial charge in [-0.05, 0) is 49.7 Å². The van der Waals surface area contributed by atoms with Gasteiger partial charge in [0.1, 0.15) is 6.10 Å². The van der Waals surface area contributed by atoms with Crippen LogP contribution in [0.3, 0.4) is 0 Å². The molecule has 1 N–H and O–H groups in total. The summed E-state index contributed by atoms with van der Waals surface area (Å²) in [6.45, 7) is 0. The molecule has 1 unspecified atom stereocenters. The van der Waals surface area contributed by atoms with Gasteiger partial charge in [0.2, 0.25) is 0 Å². The largest absolute Gasteiger partial charge is 0.384 e. The minimum absolute atomic E-state index is 0.102. The van der Waals surface area contributed by atoms with E-state index in [0.717, 1.165) is 21.9 Å². The van der Waals surface area contributed by atoms with Crippen LogP contribution in [0.25, 0.3) is 21.9 Å². The second-order valence-corrected chi connectivity index (χ2v) is 8.21. The molecule has 1 aliphatic carbocycles. The normalized spacial score (nSPS) is 13.7. The van der Waals surface area contributed by atoms with Crippen LogP contribution in [0.1, 0.15) is 39.8 Å². The first-order chi connectivity index (χ1) is 15.3. The van der Waals surface area contributed by atoms with Crippen LogP contribution in [0, 0.1) is 0 Å². The molecule has 0 saturated carbocycles. The van der Waals surface area contributed by atoms with Crippen molar-refractivity contribution in [2.75, 3.05) is 0 Å². The van der Waals surface area contributed by atoms with E-state index in [2.05, 4.69) is 84.9 Å². The van der Waals surface area contributed by atoms with Gasteiger partial charge in [-0.1, -0.05) is 115 Å². The molecule has 1 nitrogen and oxygen atoms in total. The average molecular weight is 399 g/mol. The lowest BCUT2D eigenvalue weighted by molar-refractivity contribution is 0.220. The minimum atomic E-state index is -0.692.